The van der Waals surface area contributed by atoms with Crippen molar-refractivity contribution in [2.45, 2.75) is 26.9 Å². The number of rotatable bonds is 3. The van der Waals surface area contributed by atoms with Crippen molar-refractivity contribution in [3.63, 3.8) is 0 Å². The van der Waals surface area contributed by atoms with Gasteiger partial charge in [0.2, 0.25) is 0 Å². The van der Waals surface area contributed by atoms with Crippen molar-refractivity contribution < 1.29 is 9.90 Å². The molecule has 5 nitrogen and oxygen atoms in total. The van der Waals surface area contributed by atoms with Crippen LogP contribution in [0.3, 0.4) is 0 Å². The van der Waals surface area contributed by atoms with Crippen LogP contribution >= 0.6 is 11.6 Å². The van der Waals surface area contributed by atoms with Crippen LogP contribution in [0.1, 0.15) is 31.3 Å². The van der Waals surface area contributed by atoms with E-state index in [9.17, 15) is 9.90 Å². The molecule has 1 aromatic heterocycles. The number of aromatic nitrogens is 2. The second kappa shape index (κ2) is 5.42. The SMILES string of the molecule is CC(C)(C)C(O)CNC(=O)c1ccc(Cl)nn1. The standard InChI is InChI=1S/C11H16ClN3O2/c1-11(2,3)8(16)6-13-10(17)7-4-5-9(12)15-14-7/h4-5,8,16H,6H2,1-3H3,(H,13,17). The number of aliphatic hydroxyl groups excluding tert-OH is 1. The van der Waals surface area contributed by atoms with Crippen molar-refractivity contribution >= 4 is 17.5 Å². The number of amides is 1. The number of nitrogens with zero attached hydrogens (tertiary/aromatic N) is 2. The van der Waals surface area contributed by atoms with Gasteiger partial charge in [-0.2, -0.15) is 0 Å². The van der Waals surface area contributed by atoms with Crippen molar-refractivity contribution in [3.8, 4) is 0 Å². The Morgan fingerprint density at radius 2 is 2.12 bits per heavy atom. The van der Waals surface area contributed by atoms with E-state index in [0.29, 0.717) is 0 Å². The molecule has 0 aliphatic heterocycles. The summed E-state index contributed by atoms with van der Waals surface area (Å²) in [6, 6.07) is 2.97. The molecule has 17 heavy (non-hydrogen) atoms. The van der Waals surface area contributed by atoms with Crippen molar-refractivity contribution in [1.82, 2.24) is 15.5 Å². The van der Waals surface area contributed by atoms with E-state index in [0.717, 1.165) is 0 Å². The lowest BCUT2D eigenvalue weighted by Crippen LogP contribution is -2.39. The molecule has 0 aliphatic carbocycles. The van der Waals surface area contributed by atoms with Crippen molar-refractivity contribution in [2.75, 3.05) is 6.54 Å². The van der Waals surface area contributed by atoms with E-state index < -0.39 is 6.10 Å². The van der Waals surface area contributed by atoms with Crippen LogP contribution in [0.2, 0.25) is 5.15 Å². The van der Waals surface area contributed by atoms with E-state index >= 15 is 0 Å². The largest absolute Gasteiger partial charge is 0.391 e. The van der Waals surface area contributed by atoms with Crippen LogP contribution in [0.5, 0.6) is 0 Å². The number of hydrogen-bond acceptors (Lipinski definition) is 4. The minimum Gasteiger partial charge on any atom is -0.391 e. The summed E-state index contributed by atoms with van der Waals surface area (Å²) < 4.78 is 0. The molecule has 2 N–H and O–H groups in total. The molecule has 0 spiro atoms. The zero-order chi connectivity index (χ0) is 13.1. The zero-order valence-electron chi connectivity index (χ0n) is 10.1. The van der Waals surface area contributed by atoms with Crippen LogP contribution in [0, 0.1) is 5.41 Å². The van der Waals surface area contributed by atoms with Gasteiger partial charge in [-0.05, 0) is 17.5 Å². The maximum atomic E-state index is 11.6. The van der Waals surface area contributed by atoms with Crippen LogP contribution in [0.25, 0.3) is 0 Å². The third kappa shape index (κ3) is 4.28. The Balaban J connectivity index is 2.53. The fraction of sp³-hybridized carbons (Fsp3) is 0.545. The molecule has 0 aromatic carbocycles. The van der Waals surface area contributed by atoms with E-state index in [1.54, 1.807) is 0 Å². The van der Waals surface area contributed by atoms with Crippen LogP contribution in [0.15, 0.2) is 12.1 Å². The van der Waals surface area contributed by atoms with Gasteiger partial charge in [0.25, 0.3) is 5.91 Å². The average Bonchev–Trinajstić information content (AvgIpc) is 2.25. The molecular formula is C11H16ClN3O2. The highest BCUT2D eigenvalue weighted by Gasteiger charge is 2.22. The molecule has 0 bridgehead atoms. The lowest BCUT2D eigenvalue weighted by Gasteiger charge is -2.25. The third-order valence-corrected chi connectivity index (χ3v) is 2.52. The molecule has 0 saturated heterocycles. The summed E-state index contributed by atoms with van der Waals surface area (Å²) in [6.45, 7) is 5.86. The van der Waals surface area contributed by atoms with Gasteiger partial charge in [-0.1, -0.05) is 32.4 Å². The molecule has 0 aliphatic rings. The Bertz CT molecular complexity index is 387. The number of hydrogen-bond donors (Lipinski definition) is 2. The van der Waals surface area contributed by atoms with E-state index in [1.807, 2.05) is 20.8 Å². The molecule has 1 unspecified atom stereocenters. The normalized spacial score (nSPS) is 13.2. The second-order valence-corrected chi connectivity index (χ2v) is 5.22. The molecule has 0 saturated carbocycles. The minimum atomic E-state index is -0.619. The first-order chi connectivity index (χ1) is 7.80. The van der Waals surface area contributed by atoms with Crippen molar-refractivity contribution in [2.24, 2.45) is 5.41 Å². The minimum absolute atomic E-state index is 0.173. The van der Waals surface area contributed by atoms with E-state index in [-0.39, 0.29) is 28.7 Å². The Hall–Kier alpha value is -1.20. The molecule has 1 rings (SSSR count). The Morgan fingerprint density at radius 3 is 2.59 bits per heavy atom. The lowest BCUT2D eigenvalue weighted by molar-refractivity contribution is 0.0585. The van der Waals surface area contributed by atoms with Crippen molar-refractivity contribution in [3.05, 3.63) is 23.0 Å². The first-order valence-electron chi connectivity index (χ1n) is 5.26. The maximum Gasteiger partial charge on any atom is 0.271 e. The molecule has 1 heterocycles. The molecule has 0 radical (unpaired) electrons. The summed E-state index contributed by atoms with van der Waals surface area (Å²) in [5.41, 5.74) is -0.102. The highest BCUT2D eigenvalue weighted by atomic mass is 35.5. The fourth-order valence-corrected chi connectivity index (χ4v) is 1.12. The first kappa shape index (κ1) is 13.9. The van der Waals surface area contributed by atoms with Crippen LogP contribution in [-0.2, 0) is 0 Å². The van der Waals surface area contributed by atoms with Gasteiger partial charge in [-0.25, -0.2) is 0 Å². The van der Waals surface area contributed by atoms with Gasteiger partial charge in [0.05, 0.1) is 6.10 Å². The Kier molecular flexibility index (Phi) is 4.42. The summed E-state index contributed by atoms with van der Waals surface area (Å²) >= 11 is 5.56. The van der Waals surface area contributed by atoms with E-state index in [4.69, 9.17) is 11.6 Å². The maximum absolute atomic E-state index is 11.6. The van der Waals surface area contributed by atoms with Crippen LogP contribution in [-0.4, -0.2) is 33.9 Å². The van der Waals surface area contributed by atoms with Crippen LogP contribution < -0.4 is 5.32 Å². The Labute approximate surface area is 105 Å². The highest BCUT2D eigenvalue weighted by Crippen LogP contribution is 2.18. The quantitative estimate of drug-likeness (QED) is 0.855. The highest BCUT2D eigenvalue weighted by molar-refractivity contribution is 6.29. The molecule has 0 fully saturated rings. The van der Waals surface area contributed by atoms with Gasteiger partial charge in [0, 0.05) is 6.54 Å². The monoisotopic (exact) mass is 257 g/mol. The second-order valence-electron chi connectivity index (χ2n) is 4.83. The van der Waals surface area contributed by atoms with Crippen molar-refractivity contribution in [1.29, 1.82) is 0 Å². The van der Waals surface area contributed by atoms with Gasteiger partial charge in [-0.15, -0.1) is 10.2 Å². The topological polar surface area (TPSA) is 75.1 Å². The van der Waals surface area contributed by atoms with Gasteiger partial charge >= 0.3 is 0 Å². The predicted octanol–water partition coefficient (Wildman–Crippen LogP) is 1.27. The number of halogens is 1. The lowest BCUT2D eigenvalue weighted by atomic mass is 9.89. The van der Waals surface area contributed by atoms with Gasteiger partial charge in [0.1, 0.15) is 0 Å². The number of nitrogens with one attached hydrogen (secondary N) is 1. The number of carbonyl (C=O) groups is 1. The predicted molar refractivity (Wildman–Crippen MR) is 64.8 cm³/mol. The molecular weight excluding hydrogens is 242 g/mol. The summed E-state index contributed by atoms with van der Waals surface area (Å²) in [5, 5.41) is 19.8. The molecule has 6 heteroatoms. The molecule has 1 atom stereocenters. The summed E-state index contributed by atoms with van der Waals surface area (Å²) in [6.07, 6.45) is -0.619. The third-order valence-electron chi connectivity index (χ3n) is 2.32. The van der Waals surface area contributed by atoms with Gasteiger partial charge in [-0.3, -0.25) is 4.79 Å². The Morgan fingerprint density at radius 1 is 1.47 bits per heavy atom. The summed E-state index contributed by atoms with van der Waals surface area (Å²) in [7, 11) is 0. The first-order valence-corrected chi connectivity index (χ1v) is 5.64. The van der Waals surface area contributed by atoms with Gasteiger partial charge < -0.3 is 10.4 Å². The summed E-state index contributed by atoms with van der Waals surface area (Å²) in [5.74, 6) is -0.377. The smallest absolute Gasteiger partial charge is 0.271 e. The number of aliphatic hydroxyl groups is 1. The van der Waals surface area contributed by atoms with E-state index in [1.165, 1.54) is 12.1 Å². The summed E-state index contributed by atoms with van der Waals surface area (Å²) in [4.78, 5) is 11.6. The molecule has 1 aromatic rings. The van der Waals surface area contributed by atoms with Crippen LogP contribution in [0.4, 0.5) is 0 Å². The van der Waals surface area contributed by atoms with Gasteiger partial charge in [0.15, 0.2) is 10.8 Å². The number of carbonyl (C=O) groups excluding carboxylic acids is 1. The zero-order valence-corrected chi connectivity index (χ0v) is 10.8. The molecule has 94 valence electrons. The average molecular weight is 258 g/mol. The van der Waals surface area contributed by atoms with E-state index in [2.05, 4.69) is 15.5 Å². The fourth-order valence-electron chi connectivity index (χ4n) is 1.02. The molecule has 1 amide bonds.